The molecule has 2 aromatic carbocycles. The van der Waals surface area contributed by atoms with Gasteiger partial charge < -0.3 is 10.6 Å². The molecule has 162 valence electrons. The minimum atomic E-state index is 0.0531. The summed E-state index contributed by atoms with van der Waals surface area (Å²) in [6, 6.07) is 22.8. The highest BCUT2D eigenvalue weighted by atomic mass is 32.1. The number of thiophene rings is 1. The molecule has 2 N–H and O–H groups in total. The molecule has 2 aromatic heterocycles. The minimum Gasteiger partial charge on any atom is -0.397 e. The summed E-state index contributed by atoms with van der Waals surface area (Å²) < 4.78 is 0. The van der Waals surface area contributed by atoms with Crippen molar-refractivity contribution in [1.82, 2.24) is 9.88 Å². The maximum Gasteiger partial charge on any atom is 0.266 e. The van der Waals surface area contributed by atoms with Crippen LogP contribution in [0.5, 0.6) is 0 Å². The SMILES string of the molecule is CCC1CCCCN1C(=O)c1sc2nc(-c3ccccc3)cc(-c3ccccc3)c2c1N. The van der Waals surface area contributed by atoms with Crippen LogP contribution in [0, 0.1) is 0 Å². The summed E-state index contributed by atoms with van der Waals surface area (Å²) >= 11 is 1.43. The van der Waals surface area contributed by atoms with Gasteiger partial charge in [-0.05, 0) is 42.9 Å². The smallest absolute Gasteiger partial charge is 0.266 e. The monoisotopic (exact) mass is 441 g/mol. The first kappa shape index (κ1) is 20.7. The summed E-state index contributed by atoms with van der Waals surface area (Å²) in [5.41, 5.74) is 11.3. The quantitative estimate of drug-likeness (QED) is 0.387. The lowest BCUT2D eigenvalue weighted by atomic mass is 9.98. The molecule has 1 fully saturated rings. The van der Waals surface area contributed by atoms with Crippen LogP contribution in [-0.2, 0) is 0 Å². The van der Waals surface area contributed by atoms with Gasteiger partial charge in [0.2, 0.25) is 0 Å². The van der Waals surface area contributed by atoms with E-state index < -0.39 is 0 Å². The molecule has 0 spiro atoms. The molecule has 32 heavy (non-hydrogen) atoms. The number of anilines is 1. The van der Waals surface area contributed by atoms with Crippen LogP contribution in [0.1, 0.15) is 42.3 Å². The summed E-state index contributed by atoms with van der Waals surface area (Å²) in [4.78, 5) is 22.0. The third kappa shape index (κ3) is 3.67. The number of hydrogen-bond acceptors (Lipinski definition) is 4. The molecule has 0 radical (unpaired) electrons. The summed E-state index contributed by atoms with van der Waals surface area (Å²) in [5.74, 6) is 0.0531. The molecule has 1 atom stereocenters. The Morgan fingerprint density at radius 1 is 1.06 bits per heavy atom. The predicted molar refractivity (Wildman–Crippen MR) is 134 cm³/mol. The molecular formula is C27H27N3OS. The first-order valence-electron chi connectivity index (χ1n) is 11.3. The van der Waals surface area contributed by atoms with Gasteiger partial charge in [-0.25, -0.2) is 4.98 Å². The number of carbonyl (C=O) groups is 1. The first-order chi connectivity index (χ1) is 15.7. The average molecular weight is 442 g/mol. The van der Waals surface area contributed by atoms with E-state index in [1.807, 2.05) is 41.3 Å². The zero-order valence-electron chi connectivity index (χ0n) is 18.3. The van der Waals surface area contributed by atoms with Crippen LogP contribution in [0.2, 0.25) is 0 Å². The lowest BCUT2D eigenvalue weighted by Crippen LogP contribution is -2.43. The molecule has 4 nitrogen and oxygen atoms in total. The van der Waals surface area contributed by atoms with Crippen molar-refractivity contribution in [2.45, 2.75) is 38.6 Å². The molecule has 4 aromatic rings. The third-order valence-corrected chi connectivity index (χ3v) is 7.49. The fourth-order valence-electron chi connectivity index (χ4n) is 4.70. The van der Waals surface area contributed by atoms with Crippen molar-refractivity contribution in [3.8, 4) is 22.4 Å². The molecule has 1 saturated heterocycles. The average Bonchev–Trinajstić information content (AvgIpc) is 3.20. The second-order valence-corrected chi connectivity index (χ2v) is 9.37. The highest BCUT2D eigenvalue weighted by molar-refractivity contribution is 7.21. The molecule has 5 rings (SSSR count). The molecule has 1 amide bonds. The van der Waals surface area contributed by atoms with E-state index in [9.17, 15) is 4.79 Å². The first-order valence-corrected chi connectivity index (χ1v) is 12.1. The van der Waals surface area contributed by atoms with Crippen molar-refractivity contribution in [2.75, 3.05) is 12.3 Å². The van der Waals surface area contributed by atoms with Gasteiger partial charge in [0, 0.05) is 23.5 Å². The summed E-state index contributed by atoms with van der Waals surface area (Å²) in [6.45, 7) is 2.96. The number of rotatable bonds is 4. The van der Waals surface area contributed by atoms with E-state index >= 15 is 0 Å². The van der Waals surface area contributed by atoms with Crippen molar-refractivity contribution in [1.29, 1.82) is 0 Å². The zero-order chi connectivity index (χ0) is 22.1. The maximum absolute atomic E-state index is 13.6. The van der Waals surface area contributed by atoms with Crippen molar-refractivity contribution in [3.63, 3.8) is 0 Å². The number of carbonyl (C=O) groups excluding carboxylic acids is 1. The van der Waals surface area contributed by atoms with Gasteiger partial charge in [-0.2, -0.15) is 0 Å². The van der Waals surface area contributed by atoms with Crippen LogP contribution >= 0.6 is 11.3 Å². The molecule has 0 aliphatic carbocycles. The second kappa shape index (κ2) is 8.75. The number of nitrogen functional groups attached to an aromatic ring is 1. The summed E-state index contributed by atoms with van der Waals surface area (Å²) in [7, 11) is 0. The number of nitrogens with zero attached hydrogens (tertiary/aromatic N) is 2. The van der Waals surface area contributed by atoms with Gasteiger partial charge in [-0.1, -0.05) is 67.6 Å². The number of nitrogens with two attached hydrogens (primary N) is 1. The predicted octanol–water partition coefficient (Wildman–Crippen LogP) is 6.62. The van der Waals surface area contributed by atoms with E-state index in [1.54, 1.807) is 0 Å². The number of likely N-dealkylation sites (tertiary alicyclic amines) is 1. The van der Waals surface area contributed by atoms with E-state index in [-0.39, 0.29) is 5.91 Å². The molecular weight excluding hydrogens is 414 g/mol. The minimum absolute atomic E-state index is 0.0531. The molecule has 0 bridgehead atoms. The Morgan fingerprint density at radius 2 is 1.75 bits per heavy atom. The molecule has 1 unspecified atom stereocenters. The van der Waals surface area contributed by atoms with Crippen molar-refractivity contribution >= 4 is 33.1 Å². The van der Waals surface area contributed by atoms with Crippen molar-refractivity contribution in [3.05, 3.63) is 71.6 Å². The van der Waals surface area contributed by atoms with Gasteiger partial charge in [-0.3, -0.25) is 4.79 Å². The molecule has 1 aliphatic rings. The lowest BCUT2D eigenvalue weighted by molar-refractivity contribution is 0.0614. The number of aromatic nitrogens is 1. The molecule has 1 aliphatic heterocycles. The zero-order valence-corrected chi connectivity index (χ0v) is 19.1. The number of fused-ring (bicyclic) bond motifs is 1. The normalized spacial score (nSPS) is 16.4. The molecule has 0 saturated carbocycles. The number of pyridine rings is 1. The van der Waals surface area contributed by atoms with Gasteiger partial charge >= 0.3 is 0 Å². The Balaban J connectivity index is 1.69. The van der Waals surface area contributed by atoms with Crippen LogP contribution in [-0.4, -0.2) is 28.4 Å². The number of piperidine rings is 1. The van der Waals surface area contributed by atoms with Crippen LogP contribution in [0.4, 0.5) is 5.69 Å². The number of amides is 1. The van der Waals surface area contributed by atoms with Gasteiger partial charge in [0.15, 0.2) is 0 Å². The summed E-state index contributed by atoms with van der Waals surface area (Å²) in [6.07, 6.45) is 4.28. The Kier molecular flexibility index (Phi) is 5.66. The van der Waals surface area contributed by atoms with E-state index in [2.05, 4.69) is 37.3 Å². The number of benzene rings is 2. The maximum atomic E-state index is 13.6. The topological polar surface area (TPSA) is 59.2 Å². The van der Waals surface area contributed by atoms with Crippen molar-refractivity contribution in [2.24, 2.45) is 0 Å². The van der Waals surface area contributed by atoms with Gasteiger partial charge in [0.25, 0.3) is 5.91 Å². The van der Waals surface area contributed by atoms with E-state index in [4.69, 9.17) is 10.7 Å². The fourth-order valence-corrected chi connectivity index (χ4v) is 5.78. The largest absolute Gasteiger partial charge is 0.397 e. The van der Waals surface area contributed by atoms with Crippen LogP contribution in [0.25, 0.3) is 32.6 Å². The van der Waals surface area contributed by atoms with E-state index in [1.165, 1.54) is 17.8 Å². The highest BCUT2D eigenvalue weighted by Crippen LogP contribution is 2.42. The Hall–Kier alpha value is -3.18. The second-order valence-electron chi connectivity index (χ2n) is 8.37. The van der Waals surface area contributed by atoms with Gasteiger partial charge in [0.1, 0.15) is 9.71 Å². The van der Waals surface area contributed by atoms with Crippen LogP contribution < -0.4 is 5.73 Å². The van der Waals surface area contributed by atoms with Crippen LogP contribution in [0.3, 0.4) is 0 Å². The third-order valence-electron chi connectivity index (χ3n) is 6.41. The van der Waals surface area contributed by atoms with Crippen molar-refractivity contribution < 1.29 is 4.79 Å². The molecule has 5 heteroatoms. The standard InChI is InChI=1S/C27H27N3OS/c1-2-20-15-9-10-16-30(20)27(31)25-24(28)23-21(18-11-5-3-6-12-18)17-22(29-26(23)32-25)19-13-7-4-8-14-19/h3-8,11-14,17,20H,2,9-10,15-16,28H2,1H3. The summed E-state index contributed by atoms with van der Waals surface area (Å²) in [5, 5.41) is 0.884. The number of hydrogen-bond donors (Lipinski definition) is 1. The van der Waals surface area contributed by atoms with E-state index in [0.717, 1.165) is 58.4 Å². The Bertz CT molecular complexity index is 1250. The van der Waals surface area contributed by atoms with Gasteiger partial charge in [-0.15, -0.1) is 11.3 Å². The highest BCUT2D eigenvalue weighted by Gasteiger charge is 2.30. The molecule has 3 heterocycles. The van der Waals surface area contributed by atoms with Gasteiger partial charge in [0.05, 0.1) is 11.4 Å². The van der Waals surface area contributed by atoms with E-state index in [0.29, 0.717) is 16.6 Å². The Labute approximate surface area is 192 Å². The fraction of sp³-hybridized carbons (Fsp3) is 0.259. The Morgan fingerprint density at radius 3 is 2.44 bits per heavy atom. The van der Waals surface area contributed by atoms with Crippen LogP contribution in [0.15, 0.2) is 66.7 Å². The lowest BCUT2D eigenvalue weighted by Gasteiger charge is -2.35.